The summed E-state index contributed by atoms with van der Waals surface area (Å²) in [5.41, 5.74) is 8.90. The highest BCUT2D eigenvalue weighted by atomic mass is 19.1. The summed E-state index contributed by atoms with van der Waals surface area (Å²) in [7, 11) is 1.81. The number of nitrogens with one attached hydrogen (secondary N) is 1. The van der Waals surface area contributed by atoms with Crippen LogP contribution in [0.15, 0.2) is 71.7 Å². The zero-order chi connectivity index (χ0) is 34.6. The molecule has 2 fully saturated rings. The number of nitrogens with two attached hydrogens (primary N) is 1. The van der Waals surface area contributed by atoms with Gasteiger partial charge in [-0.1, -0.05) is 26.0 Å². The van der Waals surface area contributed by atoms with Crippen LogP contribution in [-0.4, -0.2) is 68.8 Å². The normalized spacial score (nSPS) is 15.0. The molecule has 2 saturated heterocycles. The molecule has 5 heterocycles. The molecule has 3 N–H and O–H groups in total. The molecule has 49 heavy (non-hydrogen) atoms. The van der Waals surface area contributed by atoms with Crippen LogP contribution in [0.1, 0.15) is 31.1 Å². The number of hydrogen-bond acceptors (Lipinski definition) is 8. The van der Waals surface area contributed by atoms with E-state index in [-0.39, 0.29) is 35.2 Å². The third kappa shape index (κ3) is 5.64. The number of aryl methyl sites for hydroxylation is 1. The molecule has 3 aromatic heterocycles. The number of likely N-dealkylation sites (tertiary alicyclic amines) is 1. The van der Waals surface area contributed by atoms with Gasteiger partial charge in [-0.25, -0.2) is 14.1 Å². The number of nitrogens with zero attached hydrogens (tertiary/aromatic N) is 6. The Balaban J connectivity index is 1.14. The molecule has 13 heteroatoms. The number of ether oxygens (including phenoxy) is 1. The molecular weight excluding hydrogens is 627 g/mol. The van der Waals surface area contributed by atoms with Crippen LogP contribution in [0.25, 0.3) is 27.8 Å². The molecule has 2 aliphatic heterocycles. The van der Waals surface area contributed by atoms with Gasteiger partial charge < -0.3 is 25.6 Å². The largest absolute Gasteiger partial charge is 0.493 e. The molecule has 0 unspecified atom stereocenters. The number of benzene rings is 2. The van der Waals surface area contributed by atoms with Gasteiger partial charge >= 0.3 is 0 Å². The SMILES string of the molecule is CCOc1ccn(-c2ccc(F)cc2)c(=O)c1C(=O)Nc1ccc(-c2cc(N3CC4(CN(C(=O)C(C)C)C4)C3)nc3c2c(N)nn3C)cc1. The van der Waals surface area contributed by atoms with E-state index in [1.54, 1.807) is 36.9 Å². The van der Waals surface area contributed by atoms with Gasteiger partial charge in [-0.15, -0.1) is 0 Å². The van der Waals surface area contributed by atoms with Crippen molar-refractivity contribution >= 4 is 40.2 Å². The summed E-state index contributed by atoms with van der Waals surface area (Å²) in [6.07, 6.45) is 1.49. The van der Waals surface area contributed by atoms with Gasteiger partial charge in [-0.2, -0.15) is 5.10 Å². The average Bonchev–Trinajstić information content (AvgIpc) is 3.33. The lowest BCUT2D eigenvalue weighted by Gasteiger charge is -2.60. The minimum absolute atomic E-state index is 0.00936. The van der Waals surface area contributed by atoms with Crippen LogP contribution in [0.5, 0.6) is 5.75 Å². The maximum absolute atomic E-state index is 13.5. The highest BCUT2D eigenvalue weighted by Crippen LogP contribution is 2.44. The van der Waals surface area contributed by atoms with Crippen LogP contribution < -0.4 is 26.2 Å². The van der Waals surface area contributed by atoms with E-state index >= 15 is 0 Å². The first-order valence-corrected chi connectivity index (χ1v) is 16.2. The van der Waals surface area contributed by atoms with E-state index in [9.17, 15) is 18.8 Å². The molecule has 5 aromatic rings. The second-order valence-corrected chi connectivity index (χ2v) is 13.1. The molecule has 2 aromatic carbocycles. The molecule has 0 atom stereocenters. The van der Waals surface area contributed by atoms with E-state index in [0.29, 0.717) is 22.8 Å². The van der Waals surface area contributed by atoms with Crippen molar-refractivity contribution in [2.45, 2.75) is 20.8 Å². The zero-order valence-corrected chi connectivity index (χ0v) is 27.7. The van der Waals surface area contributed by atoms with Crippen LogP contribution >= 0.6 is 0 Å². The number of fused-ring (bicyclic) bond motifs is 1. The zero-order valence-electron chi connectivity index (χ0n) is 27.7. The lowest BCUT2D eigenvalue weighted by atomic mass is 9.72. The van der Waals surface area contributed by atoms with Gasteiger partial charge in [0.2, 0.25) is 5.91 Å². The third-order valence-electron chi connectivity index (χ3n) is 9.18. The number of aromatic nitrogens is 4. The number of nitrogen functional groups attached to an aromatic ring is 1. The van der Waals surface area contributed by atoms with Crippen molar-refractivity contribution in [3.8, 4) is 22.6 Å². The average molecular weight is 665 g/mol. The Morgan fingerprint density at radius 2 is 1.73 bits per heavy atom. The fourth-order valence-corrected chi connectivity index (χ4v) is 6.80. The number of carbonyl (C=O) groups excluding carboxylic acids is 2. The highest BCUT2D eigenvalue weighted by Gasteiger charge is 2.53. The maximum Gasteiger partial charge on any atom is 0.271 e. The standard InChI is InChI=1S/C36H37FN8O4/c1-5-49-27-14-15-45(25-12-8-23(37)9-13-25)35(48)30(27)33(46)39-24-10-6-22(7-11-24)26-16-28(40-32-29(26)31(38)41-42(32)4)43-17-36(18-43)19-44(20-36)34(47)21(2)3/h6-16,21H,5,17-20H2,1-4H3,(H2,38,41)(H,39,46). The summed E-state index contributed by atoms with van der Waals surface area (Å²) in [6.45, 7) is 9.00. The van der Waals surface area contributed by atoms with Crippen molar-refractivity contribution in [2.24, 2.45) is 18.4 Å². The highest BCUT2D eigenvalue weighted by molar-refractivity contribution is 6.06. The second-order valence-electron chi connectivity index (χ2n) is 13.1. The number of pyridine rings is 2. The molecule has 252 valence electrons. The Morgan fingerprint density at radius 3 is 2.39 bits per heavy atom. The summed E-state index contributed by atoms with van der Waals surface area (Å²) in [4.78, 5) is 48.5. The Bertz CT molecular complexity index is 2140. The van der Waals surface area contributed by atoms with Gasteiger partial charge in [-0.05, 0) is 61.0 Å². The molecule has 0 radical (unpaired) electrons. The lowest BCUT2D eigenvalue weighted by Crippen LogP contribution is -2.73. The summed E-state index contributed by atoms with van der Waals surface area (Å²) in [6, 6.07) is 16.2. The molecule has 2 aliphatic rings. The van der Waals surface area contributed by atoms with Crippen molar-refractivity contribution in [3.05, 3.63) is 88.6 Å². The van der Waals surface area contributed by atoms with Crippen molar-refractivity contribution in [1.82, 2.24) is 24.2 Å². The van der Waals surface area contributed by atoms with Crippen LogP contribution in [0, 0.1) is 17.2 Å². The number of hydrogen-bond donors (Lipinski definition) is 2. The summed E-state index contributed by atoms with van der Waals surface area (Å²) < 4.78 is 22.1. The Morgan fingerprint density at radius 1 is 1.04 bits per heavy atom. The van der Waals surface area contributed by atoms with Crippen molar-refractivity contribution in [3.63, 3.8) is 0 Å². The topological polar surface area (TPSA) is 141 Å². The number of rotatable bonds is 8. The van der Waals surface area contributed by atoms with Gasteiger partial charge in [0.25, 0.3) is 11.5 Å². The van der Waals surface area contributed by atoms with Crippen LogP contribution in [0.2, 0.25) is 0 Å². The predicted octanol–water partition coefficient (Wildman–Crippen LogP) is 4.46. The summed E-state index contributed by atoms with van der Waals surface area (Å²) >= 11 is 0. The molecule has 7 rings (SSSR count). The predicted molar refractivity (Wildman–Crippen MR) is 186 cm³/mol. The number of carbonyl (C=O) groups is 2. The summed E-state index contributed by atoms with van der Waals surface area (Å²) in [5.74, 6) is 0.407. The molecule has 0 saturated carbocycles. The monoisotopic (exact) mass is 664 g/mol. The molecular formula is C36H37FN8O4. The number of anilines is 3. The van der Waals surface area contributed by atoms with Gasteiger partial charge in [0.05, 0.1) is 12.0 Å². The van der Waals surface area contributed by atoms with E-state index < -0.39 is 17.3 Å². The molecule has 0 aliphatic carbocycles. The Kier molecular flexibility index (Phi) is 7.84. The quantitative estimate of drug-likeness (QED) is 0.248. The second kappa shape index (κ2) is 12.1. The van der Waals surface area contributed by atoms with Gasteiger partial charge in [-0.3, -0.25) is 19.0 Å². The molecule has 1 spiro atoms. The fraction of sp³-hybridized carbons (Fsp3) is 0.306. The van der Waals surface area contributed by atoms with Crippen LogP contribution in [0.3, 0.4) is 0 Å². The Hall–Kier alpha value is -5.72. The van der Waals surface area contributed by atoms with Crippen molar-refractivity contribution in [1.29, 1.82) is 0 Å². The molecule has 2 amide bonds. The van der Waals surface area contributed by atoms with E-state index in [4.69, 9.17) is 15.5 Å². The Labute approximate surface area is 281 Å². The first kappa shape index (κ1) is 31.9. The lowest BCUT2D eigenvalue weighted by molar-refractivity contribution is -0.148. The first-order valence-electron chi connectivity index (χ1n) is 16.2. The maximum atomic E-state index is 13.5. The number of halogens is 1. The van der Waals surface area contributed by atoms with Gasteiger partial charge in [0, 0.05) is 67.7 Å². The van der Waals surface area contributed by atoms with Gasteiger partial charge in [0.1, 0.15) is 22.9 Å². The fourth-order valence-electron chi connectivity index (χ4n) is 6.80. The van der Waals surface area contributed by atoms with E-state index in [2.05, 4.69) is 15.3 Å². The third-order valence-corrected chi connectivity index (χ3v) is 9.18. The van der Waals surface area contributed by atoms with Gasteiger partial charge in [0.15, 0.2) is 11.5 Å². The number of amides is 2. The van der Waals surface area contributed by atoms with E-state index in [1.807, 2.05) is 36.9 Å². The van der Waals surface area contributed by atoms with Crippen molar-refractivity contribution < 1.29 is 18.7 Å². The van der Waals surface area contributed by atoms with Crippen LogP contribution in [0.4, 0.5) is 21.7 Å². The molecule has 12 nitrogen and oxygen atoms in total. The van der Waals surface area contributed by atoms with Crippen LogP contribution in [-0.2, 0) is 11.8 Å². The first-order chi connectivity index (χ1) is 23.5. The van der Waals surface area contributed by atoms with E-state index in [0.717, 1.165) is 48.5 Å². The minimum Gasteiger partial charge on any atom is -0.493 e. The smallest absolute Gasteiger partial charge is 0.271 e. The summed E-state index contributed by atoms with van der Waals surface area (Å²) in [5, 5.41) is 7.98. The van der Waals surface area contributed by atoms with Crippen molar-refractivity contribution in [2.75, 3.05) is 48.7 Å². The molecule has 0 bridgehead atoms. The minimum atomic E-state index is -0.640. The van der Waals surface area contributed by atoms with E-state index in [1.165, 1.54) is 35.0 Å².